The molecule has 0 radical (unpaired) electrons. The van der Waals surface area contributed by atoms with Crippen LogP contribution in [0.15, 0.2) is 40.8 Å². The zero-order valence-electron chi connectivity index (χ0n) is 14.4. The van der Waals surface area contributed by atoms with Gasteiger partial charge in [0.15, 0.2) is 17.8 Å². The van der Waals surface area contributed by atoms with Gasteiger partial charge in [-0.1, -0.05) is 6.07 Å². The van der Waals surface area contributed by atoms with Crippen molar-refractivity contribution < 1.29 is 37.7 Å². The van der Waals surface area contributed by atoms with Gasteiger partial charge < -0.3 is 23.7 Å². The van der Waals surface area contributed by atoms with Gasteiger partial charge in [-0.25, -0.2) is 9.18 Å². The topological polar surface area (TPSA) is 95.2 Å². The largest absolute Gasteiger partial charge is 0.504 e. The molecule has 2 heterocycles. The summed E-state index contributed by atoms with van der Waals surface area (Å²) in [4.78, 5) is 22.6. The maximum absolute atomic E-state index is 13.6. The van der Waals surface area contributed by atoms with E-state index in [0.29, 0.717) is 24.5 Å². The minimum Gasteiger partial charge on any atom is -0.504 e. The summed E-state index contributed by atoms with van der Waals surface area (Å²) in [6, 6.07) is 7.34. The number of hydrogen-bond donors (Lipinski definition) is 1. The number of aliphatic hydroxyl groups is 1. The Morgan fingerprint density at radius 3 is 2.70 bits per heavy atom. The van der Waals surface area contributed by atoms with E-state index in [0.717, 1.165) is 18.7 Å². The van der Waals surface area contributed by atoms with Gasteiger partial charge in [-0.05, 0) is 29.8 Å². The predicted molar refractivity (Wildman–Crippen MR) is 90.2 cm³/mol. The second-order valence-corrected chi connectivity index (χ2v) is 5.74. The van der Waals surface area contributed by atoms with E-state index < -0.39 is 29.6 Å². The van der Waals surface area contributed by atoms with Gasteiger partial charge in [-0.2, -0.15) is 0 Å². The number of benzene rings is 1. The smallest absolute Gasteiger partial charge is 0.378 e. The fourth-order valence-corrected chi connectivity index (χ4v) is 2.64. The van der Waals surface area contributed by atoms with Gasteiger partial charge in [-0.3, -0.25) is 4.79 Å². The van der Waals surface area contributed by atoms with E-state index in [1.54, 1.807) is 12.1 Å². The zero-order valence-corrected chi connectivity index (χ0v) is 14.4. The number of hydrogen-bond acceptors (Lipinski definition) is 7. The van der Waals surface area contributed by atoms with Crippen LogP contribution in [0.3, 0.4) is 0 Å². The average Bonchev–Trinajstić information content (AvgIpc) is 3.34. The van der Waals surface area contributed by atoms with Crippen LogP contribution < -0.4 is 0 Å². The second-order valence-electron chi connectivity index (χ2n) is 5.74. The monoisotopic (exact) mass is 376 g/mol. The van der Waals surface area contributed by atoms with Crippen LogP contribution in [0.1, 0.15) is 28.9 Å². The molecule has 1 fully saturated rings. The summed E-state index contributed by atoms with van der Waals surface area (Å²) >= 11 is 0. The van der Waals surface area contributed by atoms with Crippen LogP contribution >= 0.6 is 0 Å². The third kappa shape index (κ3) is 4.42. The Bertz CT molecular complexity index is 878. The first-order valence-electron chi connectivity index (χ1n) is 8.11. The van der Waals surface area contributed by atoms with Crippen LogP contribution in [0.4, 0.5) is 4.39 Å². The number of esters is 1. The fraction of sp³-hybridized carbons (Fsp3) is 0.263. The zero-order chi connectivity index (χ0) is 19.4. The molecule has 1 aliphatic heterocycles. The van der Waals surface area contributed by atoms with Gasteiger partial charge in [0.2, 0.25) is 0 Å². The third-order valence-corrected chi connectivity index (χ3v) is 3.92. The van der Waals surface area contributed by atoms with E-state index in [1.165, 1.54) is 18.2 Å². The first-order valence-corrected chi connectivity index (χ1v) is 8.11. The summed E-state index contributed by atoms with van der Waals surface area (Å²) in [5, 5.41) is 9.93. The summed E-state index contributed by atoms with van der Waals surface area (Å²) in [6.07, 6.45) is 0.366. The number of aliphatic hydroxyl groups excluding tert-OH is 1. The number of halogens is 1. The quantitative estimate of drug-likeness (QED) is 0.358. The Morgan fingerprint density at radius 1 is 1.26 bits per heavy atom. The highest BCUT2D eigenvalue weighted by Crippen LogP contribution is 2.29. The van der Waals surface area contributed by atoms with Crippen LogP contribution in [0.5, 0.6) is 0 Å². The molecule has 7 nitrogen and oxygen atoms in total. The lowest BCUT2D eigenvalue weighted by atomic mass is 10.0. The predicted octanol–water partition coefficient (Wildman–Crippen LogP) is 2.70. The van der Waals surface area contributed by atoms with E-state index >= 15 is 0 Å². The molecule has 1 saturated heterocycles. The second kappa shape index (κ2) is 8.15. The average molecular weight is 376 g/mol. The van der Waals surface area contributed by atoms with Gasteiger partial charge in [-0.15, -0.1) is 0 Å². The highest BCUT2D eigenvalue weighted by atomic mass is 19.1. The van der Waals surface area contributed by atoms with Crippen molar-refractivity contribution in [1.29, 1.82) is 0 Å². The highest BCUT2D eigenvalue weighted by molar-refractivity contribution is 6.39. The third-order valence-electron chi connectivity index (χ3n) is 3.92. The Morgan fingerprint density at radius 2 is 2.00 bits per heavy atom. The maximum atomic E-state index is 13.6. The molecule has 0 saturated carbocycles. The molecule has 1 aliphatic rings. The van der Waals surface area contributed by atoms with Crippen molar-refractivity contribution >= 4 is 17.5 Å². The highest BCUT2D eigenvalue weighted by Gasteiger charge is 2.23. The Labute approximate surface area is 153 Å². The fourth-order valence-electron chi connectivity index (χ4n) is 2.64. The van der Waals surface area contributed by atoms with Gasteiger partial charge in [0.25, 0.3) is 5.78 Å². The Balaban J connectivity index is 1.79. The molecule has 0 unspecified atom stereocenters. The van der Waals surface area contributed by atoms with E-state index in [4.69, 9.17) is 13.9 Å². The standard InChI is InChI=1S/C19H17FO7/c1-24-18(23)16(22)10-15(21)17-5-4-13(27-17)8-11-2-3-12(20)9-14(11)19-25-6-7-26-19/h2-5,9-10,19,21H,6-8H2,1H3/b15-10-. The lowest BCUT2D eigenvalue weighted by Crippen LogP contribution is -2.12. The molecule has 27 heavy (non-hydrogen) atoms. The molecular weight excluding hydrogens is 359 g/mol. The van der Waals surface area contributed by atoms with Crippen molar-refractivity contribution in [2.75, 3.05) is 20.3 Å². The lowest BCUT2D eigenvalue weighted by Gasteiger charge is -2.14. The molecule has 1 aromatic heterocycles. The van der Waals surface area contributed by atoms with Crippen LogP contribution in [0.2, 0.25) is 0 Å². The molecule has 1 N–H and O–H groups in total. The van der Waals surface area contributed by atoms with Crippen molar-refractivity contribution in [2.45, 2.75) is 12.7 Å². The van der Waals surface area contributed by atoms with E-state index in [9.17, 15) is 19.1 Å². The summed E-state index contributed by atoms with van der Waals surface area (Å²) < 4.78 is 34.3. The molecule has 8 heteroatoms. The molecular formula is C19H17FO7. The van der Waals surface area contributed by atoms with Crippen molar-refractivity contribution in [3.05, 3.63) is 64.9 Å². The number of rotatable bonds is 6. The number of carbonyl (C=O) groups is 2. The number of ketones is 1. The van der Waals surface area contributed by atoms with Gasteiger partial charge in [0.1, 0.15) is 11.6 Å². The van der Waals surface area contributed by atoms with Crippen LogP contribution in [0.25, 0.3) is 5.76 Å². The normalized spacial score (nSPS) is 15.1. The number of ether oxygens (including phenoxy) is 3. The minimum absolute atomic E-state index is 0.0132. The lowest BCUT2D eigenvalue weighted by molar-refractivity contribution is -0.149. The minimum atomic E-state index is -1.10. The van der Waals surface area contributed by atoms with Crippen LogP contribution in [-0.4, -0.2) is 37.2 Å². The first kappa shape index (κ1) is 18.8. The summed E-state index contributed by atoms with van der Waals surface area (Å²) in [5.74, 6) is -2.54. The Hall–Kier alpha value is -2.97. The van der Waals surface area contributed by atoms with Gasteiger partial charge in [0, 0.05) is 18.1 Å². The molecule has 1 aromatic carbocycles. The molecule has 0 atom stereocenters. The van der Waals surface area contributed by atoms with E-state index in [1.807, 2.05) is 0 Å². The van der Waals surface area contributed by atoms with Crippen LogP contribution in [-0.2, 0) is 30.2 Å². The number of carbonyl (C=O) groups excluding carboxylic acids is 2. The van der Waals surface area contributed by atoms with Crippen molar-refractivity contribution in [3.63, 3.8) is 0 Å². The molecule has 3 rings (SSSR count). The molecule has 0 amide bonds. The van der Waals surface area contributed by atoms with Crippen molar-refractivity contribution in [2.24, 2.45) is 0 Å². The van der Waals surface area contributed by atoms with Gasteiger partial charge >= 0.3 is 5.97 Å². The molecule has 0 bridgehead atoms. The van der Waals surface area contributed by atoms with Crippen molar-refractivity contribution in [1.82, 2.24) is 0 Å². The van der Waals surface area contributed by atoms with Crippen LogP contribution in [0, 0.1) is 5.82 Å². The van der Waals surface area contributed by atoms with Crippen molar-refractivity contribution in [3.8, 4) is 0 Å². The van der Waals surface area contributed by atoms with E-state index in [-0.39, 0.29) is 12.2 Å². The maximum Gasteiger partial charge on any atom is 0.378 e. The SMILES string of the molecule is COC(=O)C(=O)/C=C(\O)c1ccc(Cc2ccc(F)cc2C2OCCO2)o1. The number of methoxy groups -OCH3 is 1. The summed E-state index contributed by atoms with van der Waals surface area (Å²) in [7, 11) is 1.06. The van der Waals surface area contributed by atoms with E-state index in [2.05, 4.69) is 4.74 Å². The Kier molecular flexibility index (Phi) is 5.68. The summed E-state index contributed by atoms with van der Waals surface area (Å²) in [6.45, 7) is 0.858. The number of furan rings is 1. The molecule has 2 aromatic rings. The first-order chi connectivity index (χ1) is 13.0. The molecule has 0 aliphatic carbocycles. The summed E-state index contributed by atoms with van der Waals surface area (Å²) in [5.41, 5.74) is 1.30. The molecule has 0 spiro atoms. The van der Waals surface area contributed by atoms with Gasteiger partial charge in [0.05, 0.1) is 20.3 Å². The molecule has 142 valence electrons.